The zero-order valence-electron chi connectivity index (χ0n) is 22.4. The summed E-state index contributed by atoms with van der Waals surface area (Å²) in [5, 5.41) is 0. The van der Waals surface area contributed by atoms with E-state index in [9.17, 15) is 0 Å². The van der Waals surface area contributed by atoms with Crippen LogP contribution in [0.15, 0.2) is 24.3 Å². The molecule has 2 saturated carbocycles. The molecule has 2 aliphatic carbocycles. The number of hydrogen-bond acceptors (Lipinski definition) is 4. The number of benzene rings is 1. The fraction of sp³-hybridized carbons (Fsp3) is 0.786. The lowest BCUT2D eigenvalue weighted by molar-refractivity contribution is -0.0578. The van der Waals surface area contributed by atoms with Crippen LogP contribution in [0.25, 0.3) is 0 Å². The molecule has 4 nitrogen and oxygen atoms in total. The minimum atomic E-state index is -3.46. The summed E-state index contributed by atoms with van der Waals surface area (Å²) in [6.45, 7) is 14.1. The largest absolute Gasteiger partial charge is 0.614 e. The lowest BCUT2D eigenvalue weighted by Gasteiger charge is -2.43. The highest BCUT2D eigenvalue weighted by molar-refractivity contribution is 7.09. The lowest BCUT2D eigenvalue weighted by Crippen LogP contribution is -2.51. The van der Waals surface area contributed by atoms with Crippen molar-refractivity contribution in [2.24, 2.45) is 35.5 Å². The van der Waals surface area contributed by atoms with Crippen LogP contribution < -0.4 is 4.74 Å². The van der Waals surface area contributed by atoms with Crippen molar-refractivity contribution < 1.29 is 18.0 Å². The predicted octanol–water partition coefficient (Wildman–Crippen LogP) is 7.84. The van der Waals surface area contributed by atoms with Gasteiger partial charge in [-0.1, -0.05) is 83.7 Å². The Hall–Kier alpha value is -0.593. The van der Waals surface area contributed by atoms with Crippen LogP contribution in [0, 0.1) is 35.5 Å². The molecular formula is C28H47ClO4Si. The molecule has 0 aliphatic heterocycles. The third kappa shape index (κ3) is 7.46. The maximum atomic E-state index is 7.32. The maximum absolute atomic E-state index is 7.32. The van der Waals surface area contributed by atoms with E-state index in [1.165, 1.54) is 25.7 Å². The number of methoxy groups -OCH3 is 1. The van der Waals surface area contributed by atoms with Gasteiger partial charge in [-0.3, -0.25) is 0 Å². The SMILES string of the molecule is COc1ccccc1CO[Si](Cl)(O[C@@H]1C[C@H](C)CC[C@H]1C(C)C)O[C@@H]1C[C@H](C)CC[C@H]1C(C)C. The Kier molecular flexibility index (Phi) is 10.4. The van der Waals surface area contributed by atoms with Gasteiger partial charge in [-0.05, 0) is 67.3 Å². The predicted molar refractivity (Wildman–Crippen MR) is 142 cm³/mol. The highest BCUT2D eigenvalue weighted by Gasteiger charge is 2.49. The van der Waals surface area contributed by atoms with Gasteiger partial charge < -0.3 is 18.0 Å². The van der Waals surface area contributed by atoms with Gasteiger partial charge in [0, 0.05) is 5.56 Å². The lowest BCUT2D eigenvalue weighted by atomic mass is 9.75. The first kappa shape index (κ1) is 28.0. The zero-order valence-corrected chi connectivity index (χ0v) is 24.1. The normalized spacial score (nSPS) is 30.6. The Labute approximate surface area is 214 Å². The van der Waals surface area contributed by atoms with Crippen molar-refractivity contribution in [3.63, 3.8) is 0 Å². The molecule has 0 bridgehead atoms. The first-order chi connectivity index (χ1) is 16.1. The van der Waals surface area contributed by atoms with Gasteiger partial charge >= 0.3 is 8.11 Å². The summed E-state index contributed by atoms with van der Waals surface area (Å²) in [6, 6.07) is 7.93. The summed E-state index contributed by atoms with van der Waals surface area (Å²) >= 11 is 7.32. The van der Waals surface area contributed by atoms with E-state index in [0.717, 1.165) is 24.2 Å². The molecule has 0 amide bonds. The second-order valence-electron chi connectivity index (χ2n) is 11.5. The van der Waals surface area contributed by atoms with Gasteiger partial charge in [0.05, 0.1) is 25.9 Å². The Balaban J connectivity index is 1.84. The topological polar surface area (TPSA) is 36.9 Å². The molecule has 1 aromatic rings. The van der Waals surface area contributed by atoms with Crippen LogP contribution in [0.3, 0.4) is 0 Å². The van der Waals surface area contributed by atoms with Gasteiger partial charge in [0.2, 0.25) is 0 Å². The average Bonchev–Trinajstić information content (AvgIpc) is 2.77. The zero-order chi connectivity index (χ0) is 24.9. The number of ether oxygens (including phenoxy) is 1. The summed E-state index contributed by atoms with van der Waals surface area (Å²) in [5.74, 6) is 4.09. The molecule has 0 heterocycles. The van der Waals surface area contributed by atoms with E-state index >= 15 is 0 Å². The molecule has 2 fully saturated rings. The Morgan fingerprint density at radius 3 is 1.82 bits per heavy atom. The molecule has 0 unspecified atom stereocenters. The molecule has 34 heavy (non-hydrogen) atoms. The van der Waals surface area contributed by atoms with Gasteiger partial charge in [0.1, 0.15) is 5.75 Å². The third-order valence-electron chi connectivity index (χ3n) is 8.10. The fourth-order valence-electron chi connectivity index (χ4n) is 5.94. The van der Waals surface area contributed by atoms with Crippen molar-refractivity contribution in [3.8, 4) is 5.75 Å². The first-order valence-corrected chi connectivity index (χ1v) is 16.2. The third-order valence-corrected chi connectivity index (χ3v) is 10.6. The van der Waals surface area contributed by atoms with Crippen LogP contribution in [-0.4, -0.2) is 27.4 Å². The van der Waals surface area contributed by atoms with E-state index in [4.69, 9.17) is 29.1 Å². The van der Waals surface area contributed by atoms with Crippen molar-refractivity contribution in [3.05, 3.63) is 29.8 Å². The molecular weight excluding hydrogens is 464 g/mol. The van der Waals surface area contributed by atoms with Crippen molar-refractivity contribution in [2.45, 2.75) is 98.9 Å². The van der Waals surface area contributed by atoms with Gasteiger partial charge in [-0.2, -0.15) is 0 Å². The van der Waals surface area contributed by atoms with Crippen LogP contribution in [0.2, 0.25) is 0 Å². The number of hydrogen-bond donors (Lipinski definition) is 0. The van der Waals surface area contributed by atoms with E-state index in [0.29, 0.717) is 42.1 Å². The smallest absolute Gasteiger partial charge is 0.496 e. The van der Waals surface area contributed by atoms with Crippen LogP contribution in [-0.2, 0) is 19.9 Å². The summed E-state index contributed by atoms with van der Waals surface area (Å²) < 4.78 is 25.6. The summed E-state index contributed by atoms with van der Waals surface area (Å²) in [6.07, 6.45) is 7.02. The number of rotatable bonds is 10. The van der Waals surface area contributed by atoms with E-state index in [-0.39, 0.29) is 12.2 Å². The molecule has 3 rings (SSSR count). The molecule has 194 valence electrons. The van der Waals surface area contributed by atoms with Crippen molar-refractivity contribution >= 4 is 19.2 Å². The fourth-order valence-corrected chi connectivity index (χ4v) is 8.58. The minimum absolute atomic E-state index is 0.0732. The van der Waals surface area contributed by atoms with Crippen LogP contribution in [0.5, 0.6) is 5.75 Å². The second-order valence-corrected chi connectivity index (χ2v) is 14.7. The molecule has 2 aliphatic rings. The van der Waals surface area contributed by atoms with Crippen molar-refractivity contribution in [1.82, 2.24) is 0 Å². The maximum Gasteiger partial charge on any atom is 0.614 e. The molecule has 6 heteroatoms. The Bertz CT molecular complexity index is 724. The van der Waals surface area contributed by atoms with Crippen molar-refractivity contribution in [1.29, 1.82) is 0 Å². The number of para-hydroxylation sites is 1. The van der Waals surface area contributed by atoms with E-state index in [1.54, 1.807) is 7.11 Å². The minimum Gasteiger partial charge on any atom is -0.496 e. The molecule has 1 aromatic carbocycles. The standard InChI is InChI=1S/C28H47ClO4Si/c1-19(2)24-14-12-21(5)16-27(24)32-34(29,31-18-23-10-8-9-11-26(23)30-7)33-28-17-22(6)13-15-25(28)20(3)4/h8-11,19-22,24-25,27-28H,12-18H2,1-7H3/t21-,22-,24+,25+,27-,28-/m1/s1. The van der Waals surface area contributed by atoms with Crippen LogP contribution in [0.1, 0.15) is 85.6 Å². The molecule has 0 saturated heterocycles. The quantitative estimate of drug-likeness (QED) is 0.237. The van der Waals surface area contributed by atoms with E-state index in [2.05, 4.69) is 41.5 Å². The van der Waals surface area contributed by atoms with Gasteiger partial charge in [-0.15, -0.1) is 0 Å². The molecule has 0 aromatic heterocycles. The van der Waals surface area contributed by atoms with Crippen molar-refractivity contribution in [2.75, 3.05) is 7.11 Å². The molecule has 0 N–H and O–H groups in total. The molecule has 6 atom stereocenters. The van der Waals surface area contributed by atoms with Gasteiger partial charge in [0.15, 0.2) is 0 Å². The number of halogens is 1. The van der Waals surface area contributed by atoms with E-state index < -0.39 is 8.11 Å². The second kappa shape index (κ2) is 12.6. The van der Waals surface area contributed by atoms with E-state index in [1.807, 2.05) is 24.3 Å². The van der Waals surface area contributed by atoms with Crippen LogP contribution in [0.4, 0.5) is 0 Å². The summed E-state index contributed by atoms with van der Waals surface area (Å²) in [5.41, 5.74) is 0.963. The highest BCUT2D eigenvalue weighted by atomic mass is 35.6. The van der Waals surface area contributed by atoms with Crippen LogP contribution >= 0.6 is 11.1 Å². The van der Waals surface area contributed by atoms with Gasteiger partial charge in [-0.25, -0.2) is 0 Å². The molecule has 0 spiro atoms. The molecule has 0 radical (unpaired) electrons. The summed E-state index contributed by atoms with van der Waals surface area (Å²) in [4.78, 5) is 0. The highest BCUT2D eigenvalue weighted by Crippen LogP contribution is 2.41. The Morgan fingerprint density at radius 1 is 0.853 bits per heavy atom. The van der Waals surface area contributed by atoms with Gasteiger partial charge in [0.25, 0.3) is 0 Å². The Morgan fingerprint density at radius 2 is 1.35 bits per heavy atom. The summed E-state index contributed by atoms with van der Waals surface area (Å²) in [7, 11) is -1.78. The monoisotopic (exact) mass is 510 g/mol. The average molecular weight is 511 g/mol. The first-order valence-electron chi connectivity index (χ1n) is 13.4.